The highest BCUT2D eigenvalue weighted by Crippen LogP contribution is 2.17. The molecule has 1 aromatic carbocycles. The number of benzene rings is 1. The highest BCUT2D eigenvalue weighted by molar-refractivity contribution is 5.80. The molecule has 0 aromatic heterocycles. The summed E-state index contributed by atoms with van der Waals surface area (Å²) in [6, 6.07) is 5.75. The van der Waals surface area contributed by atoms with Crippen LogP contribution in [0.2, 0.25) is 0 Å². The smallest absolute Gasteiger partial charge is 0.328 e. The molecule has 1 unspecified atom stereocenters. The topological polar surface area (TPSA) is 69.4 Å². The molecule has 0 fully saturated rings. The molecule has 0 spiro atoms. The number of esters is 1. The van der Waals surface area contributed by atoms with Crippen LogP contribution in [-0.2, 0) is 9.53 Å². The summed E-state index contributed by atoms with van der Waals surface area (Å²) in [7, 11) is 0. The number of nitrogens with two attached hydrogens (primary N) is 1. The van der Waals surface area contributed by atoms with E-state index in [-0.39, 0.29) is 0 Å². The number of carbonyl (C=O) groups excluding carboxylic acids is 2. The zero-order valence-electron chi connectivity index (χ0n) is 10.3. The van der Waals surface area contributed by atoms with Crippen molar-refractivity contribution in [1.29, 1.82) is 0 Å². The molecule has 0 bridgehead atoms. The lowest BCUT2D eigenvalue weighted by atomic mass is 10.0. The van der Waals surface area contributed by atoms with Crippen molar-refractivity contribution in [1.82, 2.24) is 0 Å². The monoisotopic (exact) mass is 235 g/mol. The summed E-state index contributed by atoms with van der Waals surface area (Å²) in [4.78, 5) is 22.3. The van der Waals surface area contributed by atoms with Crippen molar-refractivity contribution in [3.63, 3.8) is 0 Å². The lowest BCUT2D eigenvalue weighted by Gasteiger charge is -2.22. The van der Waals surface area contributed by atoms with E-state index in [9.17, 15) is 9.59 Å². The molecule has 0 radical (unpaired) electrons. The number of hydrogen-bond donors (Lipinski definition) is 1. The van der Waals surface area contributed by atoms with Crippen molar-refractivity contribution >= 4 is 12.3 Å². The standard InChI is InChI=1S/C13H17NO3/c1-13(2,3)17-12(16)11(14)10-6-4-5-9(7-10)8-15/h4-8,11H,14H2,1-3H3. The van der Waals surface area contributed by atoms with Gasteiger partial charge in [0.25, 0.3) is 0 Å². The van der Waals surface area contributed by atoms with E-state index >= 15 is 0 Å². The van der Waals surface area contributed by atoms with E-state index in [1.165, 1.54) is 0 Å². The van der Waals surface area contributed by atoms with Gasteiger partial charge in [-0.25, -0.2) is 4.79 Å². The fraction of sp³-hybridized carbons (Fsp3) is 0.385. The van der Waals surface area contributed by atoms with Crippen LogP contribution < -0.4 is 5.73 Å². The first-order valence-electron chi connectivity index (χ1n) is 5.37. The van der Waals surface area contributed by atoms with Gasteiger partial charge in [0.15, 0.2) is 0 Å². The number of rotatable bonds is 3. The predicted octanol–water partition coefficient (Wildman–Crippen LogP) is 1.84. The average Bonchev–Trinajstić information content (AvgIpc) is 2.26. The normalized spacial score (nSPS) is 12.9. The molecule has 0 aliphatic carbocycles. The maximum Gasteiger partial charge on any atom is 0.328 e. The Morgan fingerprint density at radius 1 is 1.41 bits per heavy atom. The van der Waals surface area contributed by atoms with Gasteiger partial charge < -0.3 is 10.5 Å². The fourth-order valence-corrected chi connectivity index (χ4v) is 1.33. The highest BCUT2D eigenvalue weighted by Gasteiger charge is 2.23. The van der Waals surface area contributed by atoms with Crippen molar-refractivity contribution in [3.8, 4) is 0 Å². The van der Waals surface area contributed by atoms with E-state index in [0.717, 1.165) is 0 Å². The molecule has 0 aliphatic rings. The van der Waals surface area contributed by atoms with Crippen molar-refractivity contribution in [2.24, 2.45) is 5.73 Å². The maximum atomic E-state index is 11.7. The van der Waals surface area contributed by atoms with Gasteiger partial charge in [0.1, 0.15) is 17.9 Å². The largest absolute Gasteiger partial charge is 0.459 e. The quantitative estimate of drug-likeness (QED) is 0.641. The summed E-state index contributed by atoms with van der Waals surface area (Å²) in [6.07, 6.45) is 0.714. The fourth-order valence-electron chi connectivity index (χ4n) is 1.33. The second-order valence-electron chi connectivity index (χ2n) is 4.80. The lowest BCUT2D eigenvalue weighted by Crippen LogP contribution is -2.31. The first kappa shape index (κ1) is 13.4. The van der Waals surface area contributed by atoms with Gasteiger partial charge in [-0.3, -0.25) is 4.79 Å². The molecule has 1 rings (SSSR count). The molecule has 2 N–H and O–H groups in total. The van der Waals surface area contributed by atoms with Gasteiger partial charge in [-0.15, -0.1) is 0 Å². The molecule has 0 heterocycles. The summed E-state index contributed by atoms with van der Waals surface area (Å²) in [5, 5.41) is 0. The Hall–Kier alpha value is -1.68. The molecule has 92 valence electrons. The third-order valence-corrected chi connectivity index (χ3v) is 2.07. The van der Waals surface area contributed by atoms with Crippen LogP contribution >= 0.6 is 0 Å². The van der Waals surface area contributed by atoms with E-state index in [1.807, 2.05) is 0 Å². The van der Waals surface area contributed by atoms with E-state index < -0.39 is 17.6 Å². The van der Waals surface area contributed by atoms with Gasteiger partial charge >= 0.3 is 5.97 Å². The molecule has 4 nitrogen and oxygen atoms in total. The van der Waals surface area contributed by atoms with Crippen LogP contribution in [0.1, 0.15) is 42.7 Å². The second-order valence-corrected chi connectivity index (χ2v) is 4.80. The summed E-state index contributed by atoms with van der Waals surface area (Å²) < 4.78 is 5.18. The number of hydrogen-bond acceptors (Lipinski definition) is 4. The van der Waals surface area contributed by atoms with Crippen molar-refractivity contribution in [2.75, 3.05) is 0 Å². The SMILES string of the molecule is CC(C)(C)OC(=O)C(N)c1cccc(C=O)c1. The Morgan fingerprint density at radius 3 is 2.59 bits per heavy atom. The average molecular weight is 235 g/mol. The number of aldehydes is 1. The molecule has 0 saturated carbocycles. The molecule has 0 aliphatic heterocycles. The van der Waals surface area contributed by atoms with Gasteiger partial charge in [0, 0.05) is 5.56 Å². The first-order valence-corrected chi connectivity index (χ1v) is 5.37. The Kier molecular flexibility index (Phi) is 4.02. The molecule has 1 atom stereocenters. The van der Waals surface area contributed by atoms with Crippen LogP contribution in [0.4, 0.5) is 0 Å². The Morgan fingerprint density at radius 2 is 2.06 bits per heavy atom. The summed E-state index contributed by atoms with van der Waals surface area (Å²) in [5.74, 6) is -0.499. The van der Waals surface area contributed by atoms with E-state index in [0.29, 0.717) is 17.4 Å². The third-order valence-electron chi connectivity index (χ3n) is 2.07. The van der Waals surface area contributed by atoms with Crippen LogP contribution in [0.25, 0.3) is 0 Å². The molecular formula is C13H17NO3. The lowest BCUT2D eigenvalue weighted by molar-refractivity contribution is -0.156. The number of ether oxygens (including phenoxy) is 1. The van der Waals surface area contributed by atoms with Gasteiger partial charge in [0.05, 0.1) is 0 Å². The predicted molar refractivity (Wildman–Crippen MR) is 64.6 cm³/mol. The van der Waals surface area contributed by atoms with Crippen LogP contribution in [0.5, 0.6) is 0 Å². The van der Waals surface area contributed by atoms with Gasteiger partial charge in [-0.1, -0.05) is 18.2 Å². The van der Waals surface area contributed by atoms with Crippen LogP contribution in [0.15, 0.2) is 24.3 Å². The first-order chi connectivity index (χ1) is 7.83. The minimum atomic E-state index is -0.867. The highest BCUT2D eigenvalue weighted by atomic mass is 16.6. The summed E-state index contributed by atoms with van der Waals surface area (Å²) in [5.41, 5.74) is 6.27. The molecule has 1 aromatic rings. The van der Waals surface area contributed by atoms with Gasteiger partial charge in [-0.2, -0.15) is 0 Å². The summed E-state index contributed by atoms with van der Waals surface area (Å²) in [6.45, 7) is 5.33. The van der Waals surface area contributed by atoms with Crippen LogP contribution in [0.3, 0.4) is 0 Å². The zero-order valence-corrected chi connectivity index (χ0v) is 10.3. The second kappa shape index (κ2) is 5.10. The zero-order chi connectivity index (χ0) is 13.1. The minimum absolute atomic E-state index is 0.488. The van der Waals surface area contributed by atoms with Gasteiger partial charge in [-0.05, 0) is 32.4 Å². The molecule has 17 heavy (non-hydrogen) atoms. The Balaban J connectivity index is 2.84. The molecule has 0 saturated heterocycles. The minimum Gasteiger partial charge on any atom is -0.459 e. The van der Waals surface area contributed by atoms with Crippen LogP contribution in [0, 0.1) is 0 Å². The van der Waals surface area contributed by atoms with Crippen molar-refractivity contribution in [3.05, 3.63) is 35.4 Å². The van der Waals surface area contributed by atoms with Crippen molar-refractivity contribution in [2.45, 2.75) is 32.4 Å². The molecule has 4 heteroatoms. The maximum absolute atomic E-state index is 11.7. The summed E-state index contributed by atoms with van der Waals surface area (Å²) >= 11 is 0. The third kappa shape index (κ3) is 4.00. The van der Waals surface area contributed by atoms with E-state index in [2.05, 4.69) is 0 Å². The van der Waals surface area contributed by atoms with Gasteiger partial charge in [0.2, 0.25) is 0 Å². The molecular weight excluding hydrogens is 218 g/mol. The van der Waals surface area contributed by atoms with Crippen molar-refractivity contribution < 1.29 is 14.3 Å². The molecule has 0 amide bonds. The van der Waals surface area contributed by atoms with Crippen LogP contribution in [-0.4, -0.2) is 17.9 Å². The van der Waals surface area contributed by atoms with E-state index in [4.69, 9.17) is 10.5 Å². The number of carbonyl (C=O) groups is 2. The Labute approximate surface area is 101 Å². The van der Waals surface area contributed by atoms with E-state index in [1.54, 1.807) is 45.0 Å². The Bertz CT molecular complexity index is 421.